The second kappa shape index (κ2) is 7.53. The van der Waals surface area contributed by atoms with Gasteiger partial charge in [-0.3, -0.25) is 0 Å². The van der Waals surface area contributed by atoms with Crippen molar-refractivity contribution >= 4 is 18.0 Å². The lowest BCUT2D eigenvalue weighted by Crippen LogP contribution is -2.29. The van der Waals surface area contributed by atoms with Gasteiger partial charge in [0.05, 0.1) is 12.8 Å². The van der Waals surface area contributed by atoms with Crippen molar-refractivity contribution in [2.24, 2.45) is 5.10 Å². The lowest BCUT2D eigenvalue weighted by Gasteiger charge is -2.28. The van der Waals surface area contributed by atoms with E-state index in [0.29, 0.717) is 6.61 Å². The molecule has 0 aliphatic carbocycles. The van der Waals surface area contributed by atoms with Crippen LogP contribution in [0.25, 0.3) is 0 Å². The van der Waals surface area contributed by atoms with Crippen molar-refractivity contribution in [3.05, 3.63) is 29.8 Å². The molecule has 1 aromatic carbocycles. The number of hydrazone groups is 1. The molecule has 1 N–H and O–H groups in total. The number of carbonyl (C=O) groups excluding carboxylic acids is 1. The van der Waals surface area contributed by atoms with E-state index in [4.69, 9.17) is 4.74 Å². The van der Waals surface area contributed by atoms with Gasteiger partial charge in [0.1, 0.15) is 0 Å². The normalized spacial score (nSPS) is 15.3. The maximum absolute atomic E-state index is 11.0. The summed E-state index contributed by atoms with van der Waals surface area (Å²) in [5.74, 6) is 0. The number of anilines is 1. The van der Waals surface area contributed by atoms with Gasteiger partial charge in [0.15, 0.2) is 0 Å². The molecular formula is C15H21N3O2. The number of hydrogen-bond donors (Lipinski definition) is 1. The summed E-state index contributed by atoms with van der Waals surface area (Å²) in [6, 6.07) is 8.19. The third kappa shape index (κ3) is 4.26. The Bertz CT molecular complexity index is 451. The lowest BCUT2D eigenvalue weighted by atomic mass is 10.1. The van der Waals surface area contributed by atoms with E-state index < -0.39 is 6.09 Å². The van der Waals surface area contributed by atoms with Crippen LogP contribution in [0.3, 0.4) is 0 Å². The summed E-state index contributed by atoms with van der Waals surface area (Å²) in [6.45, 7) is 4.37. The van der Waals surface area contributed by atoms with Crippen LogP contribution in [0.4, 0.5) is 10.5 Å². The number of benzene rings is 1. The Morgan fingerprint density at radius 3 is 2.65 bits per heavy atom. The molecule has 0 bridgehead atoms. The van der Waals surface area contributed by atoms with E-state index in [-0.39, 0.29) is 0 Å². The molecule has 0 spiro atoms. The Morgan fingerprint density at radius 2 is 2.00 bits per heavy atom. The number of nitrogens with zero attached hydrogens (tertiary/aromatic N) is 2. The number of carbonyl (C=O) groups is 1. The Kier molecular flexibility index (Phi) is 5.41. The SMILES string of the molecule is CCOC(=O)N/N=C\c1ccc(N2CCCCC2)cc1. The van der Waals surface area contributed by atoms with E-state index in [9.17, 15) is 4.79 Å². The number of amides is 1. The van der Waals surface area contributed by atoms with Crippen LogP contribution in [-0.4, -0.2) is 32.0 Å². The van der Waals surface area contributed by atoms with Crippen LogP contribution in [0.15, 0.2) is 29.4 Å². The quantitative estimate of drug-likeness (QED) is 0.679. The van der Waals surface area contributed by atoms with Crippen LogP contribution in [-0.2, 0) is 4.74 Å². The van der Waals surface area contributed by atoms with Crippen molar-refractivity contribution in [2.45, 2.75) is 26.2 Å². The standard InChI is InChI=1S/C15H21N3O2/c1-2-20-15(19)17-16-12-13-6-8-14(9-7-13)18-10-4-3-5-11-18/h6-9,12H,2-5,10-11H2,1H3,(H,17,19)/b16-12-. The van der Waals surface area contributed by atoms with Crippen LogP contribution in [0, 0.1) is 0 Å². The highest BCUT2D eigenvalue weighted by atomic mass is 16.5. The maximum atomic E-state index is 11.0. The summed E-state index contributed by atoms with van der Waals surface area (Å²) in [4.78, 5) is 13.4. The zero-order valence-corrected chi connectivity index (χ0v) is 11.8. The van der Waals surface area contributed by atoms with Crippen molar-refractivity contribution in [3.8, 4) is 0 Å². The first-order chi connectivity index (χ1) is 9.79. The van der Waals surface area contributed by atoms with E-state index in [1.807, 2.05) is 12.1 Å². The highest BCUT2D eigenvalue weighted by Gasteiger charge is 2.10. The first-order valence-electron chi connectivity index (χ1n) is 7.10. The topological polar surface area (TPSA) is 53.9 Å². The Balaban J connectivity index is 1.87. The molecule has 2 rings (SSSR count). The molecule has 1 heterocycles. The fraction of sp³-hybridized carbons (Fsp3) is 0.467. The van der Waals surface area contributed by atoms with Gasteiger partial charge in [0.2, 0.25) is 0 Å². The van der Waals surface area contributed by atoms with Crippen molar-refractivity contribution in [1.29, 1.82) is 0 Å². The van der Waals surface area contributed by atoms with Crippen LogP contribution in [0.1, 0.15) is 31.7 Å². The van der Waals surface area contributed by atoms with E-state index in [1.165, 1.54) is 24.9 Å². The van der Waals surface area contributed by atoms with E-state index >= 15 is 0 Å². The average molecular weight is 275 g/mol. The van der Waals surface area contributed by atoms with Gasteiger partial charge in [-0.05, 0) is 43.9 Å². The second-order valence-electron chi connectivity index (χ2n) is 4.73. The molecular weight excluding hydrogens is 254 g/mol. The van der Waals surface area contributed by atoms with Crippen LogP contribution < -0.4 is 10.3 Å². The van der Waals surface area contributed by atoms with Gasteiger partial charge in [0, 0.05) is 18.8 Å². The van der Waals surface area contributed by atoms with Gasteiger partial charge in [-0.15, -0.1) is 0 Å². The molecule has 0 unspecified atom stereocenters. The van der Waals surface area contributed by atoms with Gasteiger partial charge >= 0.3 is 6.09 Å². The summed E-state index contributed by atoms with van der Waals surface area (Å²) in [5, 5.41) is 3.84. The largest absolute Gasteiger partial charge is 0.449 e. The molecule has 20 heavy (non-hydrogen) atoms. The number of ether oxygens (including phenoxy) is 1. The first-order valence-corrected chi connectivity index (χ1v) is 7.10. The van der Waals surface area contributed by atoms with Crippen molar-refractivity contribution < 1.29 is 9.53 Å². The molecule has 1 aromatic rings. The summed E-state index contributed by atoms with van der Waals surface area (Å²) in [6.07, 6.45) is 4.95. The summed E-state index contributed by atoms with van der Waals surface area (Å²) >= 11 is 0. The fourth-order valence-corrected chi connectivity index (χ4v) is 2.25. The second-order valence-corrected chi connectivity index (χ2v) is 4.73. The zero-order chi connectivity index (χ0) is 14.2. The number of nitrogens with one attached hydrogen (secondary N) is 1. The molecule has 1 saturated heterocycles. The molecule has 1 aliphatic heterocycles. The average Bonchev–Trinajstić information content (AvgIpc) is 2.49. The smallest absolute Gasteiger partial charge is 0.427 e. The third-order valence-electron chi connectivity index (χ3n) is 3.26. The van der Waals surface area contributed by atoms with Crippen molar-refractivity contribution in [1.82, 2.24) is 5.43 Å². The monoisotopic (exact) mass is 275 g/mol. The predicted molar refractivity (Wildman–Crippen MR) is 80.3 cm³/mol. The molecule has 0 radical (unpaired) electrons. The molecule has 0 aromatic heterocycles. The zero-order valence-electron chi connectivity index (χ0n) is 11.8. The molecule has 0 atom stereocenters. The van der Waals surface area contributed by atoms with Gasteiger partial charge in [-0.2, -0.15) is 5.10 Å². The summed E-state index contributed by atoms with van der Waals surface area (Å²) < 4.78 is 4.71. The van der Waals surface area contributed by atoms with E-state index in [0.717, 1.165) is 18.7 Å². The molecule has 0 saturated carbocycles. The minimum atomic E-state index is -0.534. The summed E-state index contributed by atoms with van der Waals surface area (Å²) in [7, 11) is 0. The number of rotatable bonds is 4. The molecule has 1 fully saturated rings. The molecule has 1 amide bonds. The van der Waals surface area contributed by atoms with Gasteiger partial charge < -0.3 is 9.64 Å². The predicted octanol–water partition coefficient (Wildman–Crippen LogP) is 2.76. The Hall–Kier alpha value is -2.04. The highest BCUT2D eigenvalue weighted by molar-refractivity contribution is 5.81. The van der Waals surface area contributed by atoms with Crippen LogP contribution in [0.2, 0.25) is 0 Å². The Morgan fingerprint density at radius 1 is 1.30 bits per heavy atom. The van der Waals surface area contributed by atoms with Crippen molar-refractivity contribution in [3.63, 3.8) is 0 Å². The number of hydrogen-bond acceptors (Lipinski definition) is 4. The molecule has 5 heteroatoms. The van der Waals surface area contributed by atoms with Gasteiger partial charge in [-0.1, -0.05) is 12.1 Å². The van der Waals surface area contributed by atoms with E-state index in [1.54, 1.807) is 13.1 Å². The summed E-state index contributed by atoms with van der Waals surface area (Å²) in [5.41, 5.74) is 4.50. The molecule has 5 nitrogen and oxygen atoms in total. The van der Waals surface area contributed by atoms with Crippen LogP contribution in [0.5, 0.6) is 0 Å². The van der Waals surface area contributed by atoms with Gasteiger partial charge in [0.25, 0.3) is 0 Å². The number of piperidine rings is 1. The fourth-order valence-electron chi connectivity index (χ4n) is 2.25. The van der Waals surface area contributed by atoms with E-state index in [2.05, 4.69) is 27.6 Å². The Labute approximate surface area is 119 Å². The third-order valence-corrected chi connectivity index (χ3v) is 3.26. The first kappa shape index (κ1) is 14.4. The molecule has 1 aliphatic rings. The minimum Gasteiger partial charge on any atom is -0.449 e. The highest BCUT2D eigenvalue weighted by Crippen LogP contribution is 2.19. The van der Waals surface area contributed by atoms with Crippen LogP contribution >= 0.6 is 0 Å². The minimum absolute atomic E-state index is 0.339. The maximum Gasteiger partial charge on any atom is 0.427 e. The van der Waals surface area contributed by atoms with Crippen molar-refractivity contribution in [2.75, 3.05) is 24.6 Å². The van der Waals surface area contributed by atoms with Gasteiger partial charge in [-0.25, -0.2) is 10.2 Å². The lowest BCUT2D eigenvalue weighted by molar-refractivity contribution is 0.152. The molecule has 108 valence electrons.